The number of nitrogens with zero attached hydrogens (tertiary/aromatic N) is 2. The summed E-state index contributed by atoms with van der Waals surface area (Å²) in [7, 11) is -2.65. The fourth-order valence-electron chi connectivity index (χ4n) is 2.35. The fourth-order valence-corrected chi connectivity index (χ4v) is 3.80. The molecule has 0 fully saturated rings. The molecule has 3 rings (SSSR count). The highest BCUT2D eigenvalue weighted by atomic mass is 32.2. The van der Waals surface area contributed by atoms with Gasteiger partial charge >= 0.3 is 5.97 Å². The molecule has 0 N–H and O–H groups in total. The number of hydrogen-bond donors (Lipinski definition) is 0. The minimum absolute atomic E-state index is 0.0703. The predicted octanol–water partition coefficient (Wildman–Crippen LogP) is 2.46. The highest BCUT2D eigenvalue weighted by Crippen LogP contribution is 2.25. The summed E-state index contributed by atoms with van der Waals surface area (Å²) >= 11 is 0. The third-order valence-corrected chi connectivity index (χ3v) is 5.09. The maximum atomic E-state index is 13.0. The minimum atomic E-state index is -3.91. The Morgan fingerprint density at radius 2 is 1.92 bits per heavy atom. The first kappa shape index (κ1) is 15.9. The predicted molar refractivity (Wildman–Crippen MR) is 89.8 cm³/mol. The van der Waals surface area contributed by atoms with E-state index in [9.17, 15) is 13.2 Å². The van der Waals surface area contributed by atoms with Crippen molar-refractivity contribution in [1.29, 1.82) is 0 Å². The molecular weight excluding hydrogens is 328 g/mol. The number of ether oxygens (including phenoxy) is 1. The smallest absolute Gasteiger partial charge is 0.330 e. The largest absolute Gasteiger partial charge is 0.466 e. The van der Waals surface area contributed by atoms with Crippen LogP contribution in [-0.4, -0.2) is 30.5 Å². The van der Waals surface area contributed by atoms with Gasteiger partial charge in [0.1, 0.15) is 0 Å². The number of aromatic nitrogens is 2. The number of para-hydroxylation sites is 1. The Hall–Kier alpha value is -2.93. The summed E-state index contributed by atoms with van der Waals surface area (Å²) in [6.45, 7) is 0. The second-order valence-corrected chi connectivity index (χ2v) is 6.66. The Morgan fingerprint density at radius 1 is 1.17 bits per heavy atom. The SMILES string of the molecule is COC(=O)/C=C/c1cc2ccccc2n1S(=O)(=O)c1ccccn1. The third-order valence-electron chi connectivity index (χ3n) is 3.43. The average molecular weight is 342 g/mol. The van der Waals surface area contributed by atoms with E-state index in [0.29, 0.717) is 11.2 Å². The standard InChI is InChI=1S/C17H14N2O4S/c1-23-17(20)10-9-14-12-13-6-2-3-7-15(13)19(14)24(21,22)16-8-4-5-11-18-16/h2-12H,1H3/b10-9+. The lowest BCUT2D eigenvalue weighted by molar-refractivity contribution is -0.134. The molecular formula is C17H14N2O4S. The van der Waals surface area contributed by atoms with Crippen LogP contribution in [0.1, 0.15) is 5.69 Å². The van der Waals surface area contributed by atoms with Crippen LogP contribution in [0.25, 0.3) is 17.0 Å². The van der Waals surface area contributed by atoms with Gasteiger partial charge in [-0.25, -0.2) is 13.8 Å². The maximum Gasteiger partial charge on any atom is 0.330 e. The topological polar surface area (TPSA) is 78.3 Å². The second kappa shape index (κ2) is 6.29. The lowest BCUT2D eigenvalue weighted by atomic mass is 10.2. The zero-order valence-corrected chi connectivity index (χ0v) is 13.6. The van der Waals surface area contributed by atoms with E-state index in [1.165, 1.54) is 35.5 Å². The van der Waals surface area contributed by atoms with Crippen molar-refractivity contribution in [2.45, 2.75) is 5.03 Å². The van der Waals surface area contributed by atoms with Gasteiger partial charge in [0.15, 0.2) is 5.03 Å². The summed E-state index contributed by atoms with van der Waals surface area (Å²) in [4.78, 5) is 15.3. The van der Waals surface area contributed by atoms with E-state index < -0.39 is 16.0 Å². The van der Waals surface area contributed by atoms with Gasteiger partial charge in [-0.15, -0.1) is 0 Å². The summed E-state index contributed by atoms with van der Waals surface area (Å²) in [6, 6.07) is 13.4. The van der Waals surface area contributed by atoms with Gasteiger partial charge in [-0.2, -0.15) is 8.42 Å². The first-order valence-electron chi connectivity index (χ1n) is 7.07. The molecule has 0 aliphatic heterocycles. The molecule has 0 amide bonds. The van der Waals surface area contributed by atoms with Gasteiger partial charge in [0.2, 0.25) is 0 Å². The number of rotatable bonds is 4. The van der Waals surface area contributed by atoms with Crippen LogP contribution in [0.4, 0.5) is 0 Å². The molecule has 24 heavy (non-hydrogen) atoms. The molecule has 7 heteroatoms. The first-order chi connectivity index (χ1) is 11.5. The normalized spacial score (nSPS) is 11.9. The molecule has 6 nitrogen and oxygen atoms in total. The van der Waals surface area contributed by atoms with Gasteiger partial charge < -0.3 is 4.74 Å². The summed E-state index contributed by atoms with van der Waals surface area (Å²) in [5, 5.41) is 0.667. The van der Waals surface area contributed by atoms with Crippen molar-refractivity contribution in [1.82, 2.24) is 8.96 Å². The van der Waals surface area contributed by atoms with Crippen LogP contribution in [0, 0.1) is 0 Å². The molecule has 0 aliphatic carbocycles. The van der Waals surface area contributed by atoms with E-state index in [2.05, 4.69) is 9.72 Å². The Labute approximate surface area is 139 Å². The van der Waals surface area contributed by atoms with Crippen LogP contribution in [-0.2, 0) is 19.6 Å². The summed E-state index contributed by atoms with van der Waals surface area (Å²) < 4.78 is 31.7. The van der Waals surface area contributed by atoms with Crippen molar-refractivity contribution in [3.8, 4) is 0 Å². The molecule has 1 aromatic carbocycles. The number of carbonyl (C=O) groups is 1. The minimum Gasteiger partial charge on any atom is -0.466 e. The van der Waals surface area contributed by atoms with E-state index in [4.69, 9.17) is 0 Å². The number of methoxy groups -OCH3 is 1. The lowest BCUT2D eigenvalue weighted by Crippen LogP contribution is -2.15. The number of esters is 1. The molecule has 0 spiro atoms. The highest BCUT2D eigenvalue weighted by molar-refractivity contribution is 7.90. The van der Waals surface area contributed by atoms with Crippen molar-refractivity contribution in [2.75, 3.05) is 7.11 Å². The summed E-state index contributed by atoms with van der Waals surface area (Å²) in [5.41, 5.74) is 0.847. The summed E-state index contributed by atoms with van der Waals surface area (Å²) in [6.07, 6.45) is 4.01. The molecule has 122 valence electrons. The Bertz CT molecular complexity index is 1020. The molecule has 0 saturated heterocycles. The van der Waals surface area contributed by atoms with Crippen molar-refractivity contribution in [3.63, 3.8) is 0 Å². The molecule has 2 heterocycles. The van der Waals surface area contributed by atoms with Crippen LogP contribution >= 0.6 is 0 Å². The van der Waals surface area contributed by atoms with Crippen molar-refractivity contribution >= 4 is 33.0 Å². The van der Waals surface area contributed by atoms with Crippen LogP contribution in [0.5, 0.6) is 0 Å². The molecule has 2 aromatic heterocycles. The third kappa shape index (κ3) is 2.81. The molecule has 0 saturated carbocycles. The van der Waals surface area contributed by atoms with Gasteiger partial charge in [-0.05, 0) is 30.3 Å². The van der Waals surface area contributed by atoms with Gasteiger partial charge in [0.25, 0.3) is 10.0 Å². The number of carbonyl (C=O) groups excluding carboxylic acids is 1. The average Bonchev–Trinajstić information content (AvgIpc) is 2.99. The van der Waals surface area contributed by atoms with Gasteiger partial charge in [0, 0.05) is 17.7 Å². The number of fused-ring (bicyclic) bond motifs is 1. The molecule has 0 radical (unpaired) electrons. The monoisotopic (exact) mass is 342 g/mol. The van der Waals surface area contributed by atoms with Gasteiger partial charge in [-0.3, -0.25) is 0 Å². The zero-order valence-electron chi connectivity index (χ0n) is 12.8. The van der Waals surface area contributed by atoms with Crippen LogP contribution in [0.15, 0.2) is 65.8 Å². The van der Waals surface area contributed by atoms with E-state index in [0.717, 1.165) is 5.39 Å². The van der Waals surface area contributed by atoms with Crippen LogP contribution in [0.2, 0.25) is 0 Å². The van der Waals surface area contributed by atoms with Crippen molar-refractivity contribution in [3.05, 3.63) is 66.5 Å². The zero-order chi connectivity index (χ0) is 17.2. The maximum absolute atomic E-state index is 13.0. The number of hydrogen-bond acceptors (Lipinski definition) is 5. The van der Waals surface area contributed by atoms with E-state index >= 15 is 0 Å². The summed E-state index contributed by atoms with van der Waals surface area (Å²) in [5.74, 6) is -0.568. The molecule has 0 bridgehead atoms. The molecule has 0 atom stereocenters. The second-order valence-electron chi connectivity index (χ2n) is 4.92. The number of pyridine rings is 1. The fraction of sp³-hybridized carbons (Fsp3) is 0.0588. The molecule has 3 aromatic rings. The van der Waals surface area contributed by atoms with Gasteiger partial charge in [-0.1, -0.05) is 24.3 Å². The Kier molecular flexibility index (Phi) is 4.18. The molecule has 0 unspecified atom stereocenters. The van der Waals surface area contributed by atoms with Crippen LogP contribution < -0.4 is 0 Å². The quantitative estimate of drug-likeness (QED) is 0.537. The van der Waals surface area contributed by atoms with E-state index in [-0.39, 0.29) is 5.03 Å². The number of benzene rings is 1. The van der Waals surface area contributed by atoms with Crippen molar-refractivity contribution in [2.24, 2.45) is 0 Å². The molecule has 0 aliphatic rings. The van der Waals surface area contributed by atoms with Crippen molar-refractivity contribution < 1.29 is 17.9 Å². The highest BCUT2D eigenvalue weighted by Gasteiger charge is 2.23. The van der Waals surface area contributed by atoms with Gasteiger partial charge in [0.05, 0.1) is 18.3 Å². The van der Waals surface area contributed by atoms with E-state index in [1.807, 2.05) is 6.07 Å². The Balaban J connectivity index is 2.26. The lowest BCUT2D eigenvalue weighted by Gasteiger charge is -2.09. The first-order valence-corrected chi connectivity index (χ1v) is 8.51. The Morgan fingerprint density at radius 3 is 2.62 bits per heavy atom. The van der Waals surface area contributed by atoms with E-state index in [1.54, 1.807) is 36.4 Å². The van der Waals surface area contributed by atoms with Crippen LogP contribution in [0.3, 0.4) is 0 Å².